The van der Waals surface area contributed by atoms with Gasteiger partial charge in [0.15, 0.2) is 5.16 Å². The van der Waals surface area contributed by atoms with Crippen LogP contribution in [0.15, 0.2) is 85.1 Å². The molecular weight excluding hydrogens is 447 g/mol. The molecule has 0 fully saturated rings. The molecule has 1 heterocycles. The highest BCUT2D eigenvalue weighted by Gasteiger charge is 2.11. The Balaban J connectivity index is 1.69. The summed E-state index contributed by atoms with van der Waals surface area (Å²) in [6.45, 7) is 8.76. The lowest BCUT2D eigenvalue weighted by molar-refractivity contribution is 0.102. The van der Waals surface area contributed by atoms with E-state index in [1.807, 2.05) is 17.0 Å². The van der Waals surface area contributed by atoms with Crippen molar-refractivity contribution >= 4 is 40.8 Å². The Labute approximate surface area is 196 Å². The lowest BCUT2D eigenvalue weighted by Gasteiger charge is -2.20. The molecule has 32 heavy (non-hydrogen) atoms. The van der Waals surface area contributed by atoms with Crippen LogP contribution in [0.5, 0.6) is 0 Å². The van der Waals surface area contributed by atoms with E-state index in [9.17, 15) is 9.18 Å². The summed E-state index contributed by atoms with van der Waals surface area (Å²) in [5.74, 6) is 0.625. The maximum atomic E-state index is 13.1. The highest BCUT2D eigenvalue weighted by molar-refractivity contribution is 7.98. The molecule has 0 aliphatic carbocycles. The molecule has 0 bridgehead atoms. The number of carbonyl (C=O) groups is 1. The summed E-state index contributed by atoms with van der Waals surface area (Å²) in [6.07, 6.45) is 3.57. The van der Waals surface area contributed by atoms with Crippen molar-refractivity contribution in [3.05, 3.63) is 102 Å². The van der Waals surface area contributed by atoms with Crippen LogP contribution < -0.4 is 10.2 Å². The van der Waals surface area contributed by atoms with Crippen LogP contribution in [0.4, 0.5) is 15.9 Å². The number of nitrogens with zero attached hydrogens (tertiary/aromatic N) is 3. The Morgan fingerprint density at radius 2 is 1.81 bits per heavy atom. The number of carbonyl (C=O) groups excluding carboxylic acids is 1. The number of thioether (sulfide) groups is 1. The summed E-state index contributed by atoms with van der Waals surface area (Å²) >= 11 is 7.63. The predicted molar refractivity (Wildman–Crippen MR) is 130 cm³/mol. The number of hydrogen-bond acceptors (Lipinski definition) is 5. The number of aromatic nitrogens is 2. The lowest BCUT2D eigenvalue weighted by atomic mass is 10.1. The fourth-order valence-electron chi connectivity index (χ4n) is 2.87. The smallest absolute Gasteiger partial charge is 0.255 e. The number of halogens is 2. The van der Waals surface area contributed by atoms with Crippen molar-refractivity contribution in [2.24, 2.45) is 0 Å². The Morgan fingerprint density at radius 3 is 2.50 bits per heavy atom. The first-order valence-electron chi connectivity index (χ1n) is 9.78. The summed E-state index contributed by atoms with van der Waals surface area (Å²) in [5.41, 5.74) is 1.96. The molecule has 5 nitrogen and oxygen atoms in total. The zero-order valence-electron chi connectivity index (χ0n) is 17.3. The van der Waals surface area contributed by atoms with Crippen LogP contribution >= 0.6 is 23.4 Å². The van der Waals surface area contributed by atoms with Crippen molar-refractivity contribution in [1.29, 1.82) is 0 Å². The van der Waals surface area contributed by atoms with E-state index in [1.54, 1.807) is 30.4 Å². The molecule has 8 heteroatoms. The van der Waals surface area contributed by atoms with Gasteiger partial charge in [0.25, 0.3) is 5.91 Å². The number of benzene rings is 2. The van der Waals surface area contributed by atoms with Gasteiger partial charge in [-0.3, -0.25) is 4.79 Å². The van der Waals surface area contributed by atoms with Gasteiger partial charge in [-0.1, -0.05) is 47.6 Å². The van der Waals surface area contributed by atoms with Gasteiger partial charge in [-0.25, -0.2) is 14.4 Å². The van der Waals surface area contributed by atoms with Gasteiger partial charge in [0.2, 0.25) is 0 Å². The second-order valence-electron chi connectivity index (χ2n) is 6.76. The molecule has 0 aliphatic heterocycles. The first-order chi connectivity index (χ1) is 15.5. The molecule has 0 aliphatic rings. The van der Waals surface area contributed by atoms with Crippen LogP contribution in [-0.4, -0.2) is 29.0 Å². The number of nitrogens with one attached hydrogen (secondary N) is 1. The third kappa shape index (κ3) is 6.67. The average Bonchev–Trinajstić information content (AvgIpc) is 2.79. The van der Waals surface area contributed by atoms with Crippen LogP contribution in [0, 0.1) is 5.82 Å². The third-order valence-electron chi connectivity index (χ3n) is 4.34. The first-order valence-corrected chi connectivity index (χ1v) is 11.1. The van der Waals surface area contributed by atoms with E-state index < -0.39 is 0 Å². The molecule has 0 atom stereocenters. The van der Waals surface area contributed by atoms with E-state index >= 15 is 0 Å². The van der Waals surface area contributed by atoms with Gasteiger partial charge in [-0.2, -0.15) is 0 Å². The molecule has 164 valence electrons. The quantitative estimate of drug-likeness (QED) is 0.171. The van der Waals surface area contributed by atoms with E-state index in [1.165, 1.54) is 36.0 Å². The van der Waals surface area contributed by atoms with Crippen molar-refractivity contribution in [2.45, 2.75) is 10.9 Å². The van der Waals surface area contributed by atoms with Gasteiger partial charge in [-0.15, -0.1) is 13.2 Å². The molecule has 1 N–H and O–H groups in total. The molecule has 0 unspecified atom stereocenters. The van der Waals surface area contributed by atoms with Gasteiger partial charge in [-0.05, 0) is 42.0 Å². The van der Waals surface area contributed by atoms with Crippen LogP contribution in [0.25, 0.3) is 0 Å². The largest absolute Gasteiger partial charge is 0.349 e. The summed E-state index contributed by atoms with van der Waals surface area (Å²) < 4.78 is 13.1. The third-order valence-corrected chi connectivity index (χ3v) is 5.46. The zero-order valence-corrected chi connectivity index (χ0v) is 18.9. The molecule has 1 amide bonds. The highest BCUT2D eigenvalue weighted by atomic mass is 35.5. The fourth-order valence-corrected chi connectivity index (χ4v) is 3.90. The van der Waals surface area contributed by atoms with E-state index in [2.05, 4.69) is 28.4 Å². The number of hydrogen-bond donors (Lipinski definition) is 1. The standard InChI is InChI=1S/C24H22ClFN4OS/c1-3-12-30(13-4-2)22-15-21(25)28-24(29-22)32-16-17-6-5-7-18(14-17)23(31)27-20-10-8-19(26)9-11-20/h3-11,14-15H,1-2,12-13,16H2,(H,27,31). The summed E-state index contributed by atoms with van der Waals surface area (Å²) in [6, 6.07) is 14.6. The minimum absolute atomic E-state index is 0.269. The maximum absolute atomic E-state index is 13.1. The molecule has 0 spiro atoms. The summed E-state index contributed by atoms with van der Waals surface area (Å²) in [4.78, 5) is 23.4. The van der Waals surface area contributed by atoms with E-state index in [-0.39, 0.29) is 11.7 Å². The Morgan fingerprint density at radius 1 is 1.09 bits per heavy atom. The second-order valence-corrected chi connectivity index (χ2v) is 8.09. The van der Waals surface area contributed by atoms with E-state index in [4.69, 9.17) is 11.6 Å². The SMILES string of the molecule is C=CCN(CC=C)c1cc(Cl)nc(SCc2cccc(C(=O)Nc3ccc(F)cc3)c2)n1. The lowest BCUT2D eigenvalue weighted by Crippen LogP contribution is -2.24. The summed E-state index contributed by atoms with van der Waals surface area (Å²) in [5, 5.41) is 3.65. The van der Waals surface area contributed by atoms with Gasteiger partial charge < -0.3 is 10.2 Å². The maximum Gasteiger partial charge on any atom is 0.255 e. The monoisotopic (exact) mass is 468 g/mol. The van der Waals surface area contributed by atoms with Gasteiger partial charge in [0, 0.05) is 36.2 Å². The average molecular weight is 469 g/mol. The topological polar surface area (TPSA) is 58.1 Å². The Kier molecular flexibility index (Phi) is 8.41. The number of rotatable bonds is 10. The molecule has 0 radical (unpaired) electrons. The van der Waals surface area contributed by atoms with Crippen molar-refractivity contribution in [3.63, 3.8) is 0 Å². The first kappa shape index (κ1) is 23.5. The molecule has 2 aromatic carbocycles. The minimum Gasteiger partial charge on any atom is -0.349 e. The summed E-state index contributed by atoms with van der Waals surface area (Å²) in [7, 11) is 0. The van der Waals surface area contributed by atoms with Crippen LogP contribution in [-0.2, 0) is 5.75 Å². The predicted octanol–water partition coefficient (Wildman–Crippen LogP) is 5.99. The molecule has 1 aromatic heterocycles. The van der Waals surface area contributed by atoms with Crippen LogP contribution in [0.2, 0.25) is 5.15 Å². The highest BCUT2D eigenvalue weighted by Crippen LogP contribution is 2.25. The minimum atomic E-state index is -0.356. The Hall–Kier alpha value is -3.16. The van der Waals surface area contributed by atoms with Gasteiger partial charge in [0.1, 0.15) is 16.8 Å². The van der Waals surface area contributed by atoms with Gasteiger partial charge >= 0.3 is 0 Å². The number of amides is 1. The normalized spacial score (nSPS) is 10.4. The van der Waals surface area contributed by atoms with Crippen LogP contribution in [0.3, 0.4) is 0 Å². The van der Waals surface area contributed by atoms with Crippen molar-refractivity contribution in [2.75, 3.05) is 23.3 Å². The number of anilines is 2. The molecule has 3 aromatic rings. The molecule has 3 rings (SSSR count). The van der Waals surface area contributed by atoms with Crippen molar-refractivity contribution in [1.82, 2.24) is 9.97 Å². The molecular formula is C24H22ClFN4OS. The zero-order chi connectivity index (χ0) is 22.9. The van der Waals surface area contributed by atoms with E-state index in [0.29, 0.717) is 46.2 Å². The fraction of sp³-hybridized carbons (Fsp3) is 0.125. The second kappa shape index (κ2) is 11.5. The van der Waals surface area contributed by atoms with Gasteiger partial charge in [0.05, 0.1) is 0 Å². The van der Waals surface area contributed by atoms with Crippen LogP contribution in [0.1, 0.15) is 15.9 Å². The molecule has 0 saturated carbocycles. The van der Waals surface area contributed by atoms with E-state index in [0.717, 1.165) is 5.56 Å². The van der Waals surface area contributed by atoms with Crippen molar-refractivity contribution < 1.29 is 9.18 Å². The van der Waals surface area contributed by atoms with Crippen molar-refractivity contribution in [3.8, 4) is 0 Å². The Bertz CT molecular complexity index is 1100. The molecule has 0 saturated heterocycles.